The summed E-state index contributed by atoms with van der Waals surface area (Å²) in [5, 5.41) is 13.7. The van der Waals surface area contributed by atoms with Crippen molar-refractivity contribution in [3.63, 3.8) is 0 Å². The maximum atomic E-state index is 11.8. The average molecular weight is 272 g/mol. The van der Waals surface area contributed by atoms with Crippen LogP contribution in [0.5, 0.6) is 0 Å². The fraction of sp³-hybridized carbons (Fsp3) is 0.231. The van der Waals surface area contributed by atoms with E-state index in [1.54, 1.807) is 24.3 Å². The van der Waals surface area contributed by atoms with Gasteiger partial charge in [-0.2, -0.15) is 5.26 Å². The molecule has 102 valence electrons. The Morgan fingerprint density at radius 2 is 2.05 bits per heavy atom. The monoisotopic (exact) mass is 272 g/mol. The molecule has 0 unspecified atom stereocenters. The van der Waals surface area contributed by atoms with Crippen LogP contribution >= 0.6 is 0 Å². The third-order valence-corrected chi connectivity index (χ3v) is 2.83. The molecule has 1 aliphatic heterocycles. The second-order valence-electron chi connectivity index (χ2n) is 4.15. The Morgan fingerprint density at radius 3 is 2.60 bits per heavy atom. The minimum absolute atomic E-state index is 0.00238. The molecule has 0 aromatic heterocycles. The first kappa shape index (κ1) is 13.5. The summed E-state index contributed by atoms with van der Waals surface area (Å²) < 4.78 is 0. The number of carbonyl (C=O) groups excluding carboxylic acids is 3. The van der Waals surface area contributed by atoms with Crippen molar-refractivity contribution in [1.29, 1.82) is 5.26 Å². The zero-order valence-corrected chi connectivity index (χ0v) is 10.5. The average Bonchev–Trinajstić information content (AvgIpc) is 2.79. The molecule has 20 heavy (non-hydrogen) atoms. The van der Waals surface area contributed by atoms with E-state index in [4.69, 9.17) is 5.26 Å². The quantitative estimate of drug-likeness (QED) is 0.743. The van der Waals surface area contributed by atoms with Crippen molar-refractivity contribution in [2.75, 3.05) is 19.6 Å². The predicted octanol–water partition coefficient (Wildman–Crippen LogP) is -0.160. The summed E-state index contributed by atoms with van der Waals surface area (Å²) in [6.45, 7) is 0.313. The van der Waals surface area contributed by atoms with Crippen LogP contribution in [0.15, 0.2) is 24.3 Å². The third-order valence-electron chi connectivity index (χ3n) is 2.83. The van der Waals surface area contributed by atoms with Crippen molar-refractivity contribution in [1.82, 2.24) is 15.5 Å². The molecule has 1 aromatic carbocycles. The maximum Gasteiger partial charge on any atom is 0.324 e. The Kier molecular flexibility index (Phi) is 3.96. The molecule has 1 aliphatic rings. The van der Waals surface area contributed by atoms with Gasteiger partial charge in [-0.3, -0.25) is 14.5 Å². The Labute approximate surface area is 115 Å². The highest BCUT2D eigenvalue weighted by Crippen LogP contribution is 2.03. The summed E-state index contributed by atoms with van der Waals surface area (Å²) in [5.74, 6) is -0.621. The van der Waals surface area contributed by atoms with Gasteiger partial charge in [-0.1, -0.05) is 0 Å². The zero-order chi connectivity index (χ0) is 14.5. The number of nitrogens with zero attached hydrogens (tertiary/aromatic N) is 2. The van der Waals surface area contributed by atoms with E-state index in [-0.39, 0.29) is 31.4 Å². The van der Waals surface area contributed by atoms with E-state index in [0.717, 1.165) is 4.90 Å². The van der Waals surface area contributed by atoms with E-state index in [2.05, 4.69) is 10.6 Å². The molecule has 1 saturated heterocycles. The molecule has 0 atom stereocenters. The minimum atomic E-state index is -0.442. The van der Waals surface area contributed by atoms with Gasteiger partial charge in [0.05, 0.1) is 18.2 Å². The number of amides is 4. The highest BCUT2D eigenvalue weighted by atomic mass is 16.2. The van der Waals surface area contributed by atoms with E-state index in [1.165, 1.54) is 0 Å². The molecule has 4 amide bonds. The standard InChI is InChI=1S/C13H12N4O3/c14-7-9-1-3-10(4-2-9)12(19)15-5-6-17-11(18)8-16-13(17)20/h1-4H,5-6,8H2,(H,15,19)(H,16,20). The van der Waals surface area contributed by atoms with Crippen LogP contribution in [-0.2, 0) is 4.79 Å². The Morgan fingerprint density at radius 1 is 1.35 bits per heavy atom. The number of benzene rings is 1. The fourth-order valence-corrected chi connectivity index (χ4v) is 1.76. The van der Waals surface area contributed by atoms with Gasteiger partial charge in [-0.15, -0.1) is 0 Å². The predicted molar refractivity (Wildman–Crippen MR) is 68.6 cm³/mol. The molecule has 1 heterocycles. The van der Waals surface area contributed by atoms with Gasteiger partial charge in [0.1, 0.15) is 0 Å². The molecule has 7 nitrogen and oxygen atoms in total. The lowest BCUT2D eigenvalue weighted by Gasteiger charge is -2.12. The number of hydrogen-bond acceptors (Lipinski definition) is 4. The molecule has 0 spiro atoms. The van der Waals surface area contributed by atoms with E-state index in [1.807, 2.05) is 6.07 Å². The van der Waals surface area contributed by atoms with Crippen LogP contribution in [0.1, 0.15) is 15.9 Å². The molecule has 7 heteroatoms. The Bertz CT molecular complexity index is 573. The lowest BCUT2D eigenvalue weighted by atomic mass is 10.1. The van der Waals surface area contributed by atoms with Crippen molar-refractivity contribution >= 4 is 17.8 Å². The van der Waals surface area contributed by atoms with Crippen LogP contribution < -0.4 is 10.6 Å². The number of nitriles is 1. The molecule has 0 saturated carbocycles. The van der Waals surface area contributed by atoms with Gasteiger partial charge in [0.2, 0.25) is 5.91 Å². The van der Waals surface area contributed by atoms with Gasteiger partial charge in [0.25, 0.3) is 5.91 Å². The van der Waals surface area contributed by atoms with E-state index in [9.17, 15) is 14.4 Å². The van der Waals surface area contributed by atoms with Crippen molar-refractivity contribution < 1.29 is 14.4 Å². The smallest absolute Gasteiger partial charge is 0.324 e. The van der Waals surface area contributed by atoms with Gasteiger partial charge in [0.15, 0.2) is 0 Å². The second-order valence-corrected chi connectivity index (χ2v) is 4.15. The Balaban J connectivity index is 1.84. The van der Waals surface area contributed by atoms with Crippen molar-refractivity contribution in [2.24, 2.45) is 0 Å². The molecule has 2 N–H and O–H groups in total. The van der Waals surface area contributed by atoms with Gasteiger partial charge in [0, 0.05) is 18.7 Å². The minimum Gasteiger partial charge on any atom is -0.350 e. The fourth-order valence-electron chi connectivity index (χ4n) is 1.76. The number of imide groups is 1. The molecule has 0 bridgehead atoms. The van der Waals surface area contributed by atoms with E-state index in [0.29, 0.717) is 11.1 Å². The van der Waals surface area contributed by atoms with Crippen LogP contribution in [-0.4, -0.2) is 42.4 Å². The number of rotatable bonds is 4. The van der Waals surface area contributed by atoms with Gasteiger partial charge >= 0.3 is 6.03 Å². The second kappa shape index (κ2) is 5.84. The number of carbonyl (C=O) groups is 3. The SMILES string of the molecule is N#Cc1ccc(C(=O)NCCN2C(=O)CNC2=O)cc1. The van der Waals surface area contributed by atoms with Gasteiger partial charge in [-0.25, -0.2) is 4.79 Å². The maximum absolute atomic E-state index is 11.8. The van der Waals surface area contributed by atoms with E-state index < -0.39 is 6.03 Å². The first-order valence-electron chi connectivity index (χ1n) is 5.98. The van der Waals surface area contributed by atoms with Crippen LogP contribution in [0, 0.1) is 11.3 Å². The van der Waals surface area contributed by atoms with Gasteiger partial charge < -0.3 is 10.6 Å². The normalized spacial score (nSPS) is 13.8. The molecular formula is C13H12N4O3. The van der Waals surface area contributed by atoms with Crippen molar-refractivity contribution in [3.05, 3.63) is 35.4 Å². The molecule has 2 rings (SSSR count). The highest BCUT2D eigenvalue weighted by Gasteiger charge is 2.27. The summed E-state index contributed by atoms with van der Waals surface area (Å²) >= 11 is 0. The van der Waals surface area contributed by atoms with Crippen molar-refractivity contribution in [2.45, 2.75) is 0 Å². The molecule has 0 aliphatic carbocycles. The largest absolute Gasteiger partial charge is 0.350 e. The van der Waals surface area contributed by atoms with Crippen LogP contribution in [0.4, 0.5) is 4.79 Å². The summed E-state index contributed by atoms with van der Waals surface area (Å²) in [6, 6.07) is 7.70. The highest BCUT2D eigenvalue weighted by molar-refractivity contribution is 6.02. The van der Waals surface area contributed by atoms with Crippen LogP contribution in [0.3, 0.4) is 0 Å². The number of hydrogen-bond donors (Lipinski definition) is 2. The summed E-state index contributed by atoms with van der Waals surface area (Å²) in [7, 11) is 0. The van der Waals surface area contributed by atoms with Crippen LogP contribution in [0.25, 0.3) is 0 Å². The first-order valence-corrected chi connectivity index (χ1v) is 5.98. The van der Waals surface area contributed by atoms with Gasteiger partial charge in [-0.05, 0) is 24.3 Å². The van der Waals surface area contributed by atoms with Crippen molar-refractivity contribution in [3.8, 4) is 6.07 Å². The molecule has 1 fully saturated rings. The van der Waals surface area contributed by atoms with Crippen LogP contribution in [0.2, 0.25) is 0 Å². The lowest BCUT2D eigenvalue weighted by molar-refractivity contribution is -0.124. The summed E-state index contributed by atoms with van der Waals surface area (Å²) in [5.41, 5.74) is 0.891. The van der Waals surface area contributed by atoms with E-state index >= 15 is 0 Å². The summed E-state index contributed by atoms with van der Waals surface area (Å²) in [4.78, 5) is 35.4. The summed E-state index contributed by atoms with van der Waals surface area (Å²) in [6.07, 6.45) is 0. The molecular weight excluding hydrogens is 260 g/mol. The zero-order valence-electron chi connectivity index (χ0n) is 10.5. The first-order chi connectivity index (χ1) is 9.61. The molecule has 0 radical (unpaired) electrons. The lowest BCUT2D eigenvalue weighted by Crippen LogP contribution is -2.38. The topological polar surface area (TPSA) is 102 Å². The number of urea groups is 1. The third kappa shape index (κ3) is 2.92. The molecule has 1 aromatic rings. The Hall–Kier alpha value is -2.88. The number of nitrogens with one attached hydrogen (secondary N) is 2.